The number of hydrogen-bond donors (Lipinski definition) is 1. The van der Waals surface area contributed by atoms with Crippen molar-refractivity contribution in [2.75, 3.05) is 22.9 Å². The molecule has 0 bridgehead atoms. The summed E-state index contributed by atoms with van der Waals surface area (Å²) >= 11 is 20.5. The summed E-state index contributed by atoms with van der Waals surface area (Å²) in [5.74, 6) is 2.06. The van der Waals surface area contributed by atoms with Gasteiger partial charge in [0.1, 0.15) is 11.8 Å². The molecule has 1 N–H and O–H groups in total. The minimum Gasteiger partial charge on any atom is -0.452 e. The van der Waals surface area contributed by atoms with Gasteiger partial charge in [-0.05, 0) is 97.2 Å². The van der Waals surface area contributed by atoms with Crippen molar-refractivity contribution >= 4 is 63.7 Å². The molecule has 0 spiro atoms. The molecule has 2 aliphatic rings. The fourth-order valence-corrected chi connectivity index (χ4v) is 7.40. The molecule has 2 fully saturated rings. The third-order valence-corrected chi connectivity index (χ3v) is 9.24. The van der Waals surface area contributed by atoms with Crippen molar-refractivity contribution in [1.82, 2.24) is 10.3 Å². The van der Waals surface area contributed by atoms with E-state index in [1.54, 1.807) is 18.0 Å². The number of aromatic nitrogens is 1. The molecule has 6 rings (SSSR count). The lowest BCUT2D eigenvalue weighted by Gasteiger charge is -2.37. The Hall–Kier alpha value is -2.71. The Bertz CT molecular complexity index is 1490. The van der Waals surface area contributed by atoms with Crippen molar-refractivity contribution in [2.24, 2.45) is 11.8 Å². The normalized spacial score (nSPS) is 22.9. The van der Waals surface area contributed by atoms with Crippen molar-refractivity contribution in [3.63, 3.8) is 0 Å². The Morgan fingerprint density at radius 2 is 1.75 bits per heavy atom. The summed E-state index contributed by atoms with van der Waals surface area (Å²) in [6.07, 6.45) is 3.05. The molecule has 2 aromatic carbocycles. The molecule has 0 aliphatic carbocycles. The molecule has 0 unspecified atom stereocenters. The van der Waals surface area contributed by atoms with E-state index in [4.69, 9.17) is 39.8 Å². The Kier molecular flexibility index (Phi) is 8.00. The van der Waals surface area contributed by atoms with E-state index in [-0.39, 0.29) is 12.1 Å². The molecule has 0 radical (unpaired) electrons. The van der Waals surface area contributed by atoms with Crippen molar-refractivity contribution < 1.29 is 4.42 Å². The summed E-state index contributed by atoms with van der Waals surface area (Å²) in [6.45, 7) is 6.64. The molecule has 4 aromatic rings. The molecule has 0 amide bonds. The fraction of sp³-hybridized carbons (Fsp3) is 0.290. The van der Waals surface area contributed by atoms with Crippen LogP contribution < -0.4 is 15.1 Å². The van der Waals surface area contributed by atoms with Gasteiger partial charge in [0.25, 0.3) is 0 Å². The maximum atomic E-state index is 6.96. The molecule has 4 heterocycles. The number of nitrogens with zero attached hydrogens (tertiary/aromatic N) is 3. The number of rotatable bonds is 6. The standard InChI is InChI=1S/C31H30Cl2N4OS2/c1-19-15-20(2)18-36(17-19)26-11-8-22(16-24(26)33)37-30(29(35-31(37)39)25-5-3-4-14-34-25)27-12-13-28(38-27)40-23-9-6-21(32)7-10-23/h3-14,16,19-20,29-30H,15,17-18H2,1-2H3,(H,35,39)/t19-,20-,29-,30-/m0/s1. The molecular formula is C31H30Cl2N4OS2. The molecule has 5 nitrogen and oxygen atoms in total. The van der Waals surface area contributed by atoms with Gasteiger partial charge in [-0.1, -0.05) is 54.9 Å². The van der Waals surface area contributed by atoms with Crippen molar-refractivity contribution in [2.45, 2.75) is 42.3 Å². The van der Waals surface area contributed by atoms with Gasteiger partial charge in [-0.3, -0.25) is 4.98 Å². The lowest BCUT2D eigenvalue weighted by atomic mass is 9.91. The average molecular weight is 610 g/mol. The Morgan fingerprint density at radius 3 is 2.45 bits per heavy atom. The van der Waals surface area contributed by atoms with Crippen LogP contribution in [0.5, 0.6) is 0 Å². The van der Waals surface area contributed by atoms with Crippen LogP contribution in [-0.2, 0) is 0 Å². The smallest absolute Gasteiger partial charge is 0.174 e. The van der Waals surface area contributed by atoms with Gasteiger partial charge in [0, 0.05) is 34.9 Å². The molecule has 2 saturated heterocycles. The van der Waals surface area contributed by atoms with Crippen LogP contribution in [0.15, 0.2) is 93.4 Å². The monoisotopic (exact) mass is 608 g/mol. The third kappa shape index (κ3) is 5.70. The Balaban J connectivity index is 1.34. The van der Waals surface area contributed by atoms with E-state index in [0.717, 1.165) is 50.9 Å². The van der Waals surface area contributed by atoms with Gasteiger partial charge in [-0.15, -0.1) is 0 Å². The summed E-state index contributed by atoms with van der Waals surface area (Å²) in [6, 6.07) is 23.5. The van der Waals surface area contributed by atoms with E-state index in [2.05, 4.69) is 46.1 Å². The first kappa shape index (κ1) is 27.5. The summed E-state index contributed by atoms with van der Waals surface area (Å²) < 4.78 is 6.45. The minimum atomic E-state index is -0.251. The number of anilines is 2. The predicted molar refractivity (Wildman–Crippen MR) is 169 cm³/mol. The first-order chi connectivity index (χ1) is 19.4. The predicted octanol–water partition coefficient (Wildman–Crippen LogP) is 8.79. The number of furan rings is 1. The topological polar surface area (TPSA) is 44.5 Å². The van der Waals surface area contributed by atoms with Gasteiger partial charge in [0.05, 0.1) is 22.4 Å². The number of thiocarbonyl (C=S) groups is 1. The highest BCUT2D eigenvalue weighted by Gasteiger charge is 2.43. The van der Waals surface area contributed by atoms with Crippen molar-refractivity contribution in [3.8, 4) is 0 Å². The maximum Gasteiger partial charge on any atom is 0.174 e. The van der Waals surface area contributed by atoms with Crippen molar-refractivity contribution in [3.05, 3.63) is 100 Å². The van der Waals surface area contributed by atoms with Gasteiger partial charge in [-0.25, -0.2) is 0 Å². The van der Waals surface area contributed by atoms with Gasteiger partial charge in [0.2, 0.25) is 0 Å². The van der Waals surface area contributed by atoms with Crippen LogP contribution in [0, 0.1) is 11.8 Å². The Labute approximate surface area is 254 Å². The molecule has 2 aromatic heterocycles. The first-order valence-corrected chi connectivity index (χ1v) is 15.4. The fourth-order valence-electron chi connectivity index (χ4n) is 5.85. The molecule has 4 atom stereocenters. The third-order valence-electron chi connectivity index (χ3n) is 7.44. The highest BCUT2D eigenvalue weighted by Crippen LogP contribution is 2.45. The maximum absolute atomic E-state index is 6.96. The zero-order valence-corrected chi connectivity index (χ0v) is 25.4. The van der Waals surface area contributed by atoms with Crippen molar-refractivity contribution in [1.29, 1.82) is 0 Å². The van der Waals surface area contributed by atoms with Gasteiger partial charge >= 0.3 is 0 Å². The first-order valence-electron chi connectivity index (χ1n) is 13.4. The Morgan fingerprint density at radius 1 is 0.975 bits per heavy atom. The largest absolute Gasteiger partial charge is 0.452 e. The number of benzene rings is 2. The van der Waals surface area contributed by atoms with Gasteiger partial charge < -0.3 is 19.5 Å². The van der Waals surface area contributed by atoms with E-state index >= 15 is 0 Å². The summed E-state index contributed by atoms with van der Waals surface area (Å²) in [5, 5.41) is 6.32. The van der Waals surface area contributed by atoms with Crippen LogP contribution in [0.2, 0.25) is 10.0 Å². The second-order valence-corrected chi connectivity index (χ2v) is 13.0. The van der Waals surface area contributed by atoms with E-state index in [9.17, 15) is 0 Å². The zero-order valence-electron chi connectivity index (χ0n) is 22.3. The lowest BCUT2D eigenvalue weighted by Crippen LogP contribution is -2.38. The van der Waals surface area contributed by atoms with Gasteiger partial charge in [-0.2, -0.15) is 0 Å². The molecule has 0 saturated carbocycles. The highest BCUT2D eigenvalue weighted by atomic mass is 35.5. The quantitative estimate of drug-likeness (QED) is 0.219. The minimum absolute atomic E-state index is 0.199. The molecular weight excluding hydrogens is 579 g/mol. The summed E-state index contributed by atoms with van der Waals surface area (Å²) in [5.41, 5.74) is 2.87. The van der Waals surface area contributed by atoms with Crippen LogP contribution in [0.1, 0.15) is 43.8 Å². The second kappa shape index (κ2) is 11.6. The molecule has 206 valence electrons. The number of nitrogens with one attached hydrogen (secondary N) is 1. The average Bonchev–Trinajstić information content (AvgIpc) is 3.53. The number of piperidine rings is 1. The molecule has 2 aliphatic heterocycles. The van der Waals surface area contributed by atoms with E-state index in [1.165, 1.54) is 6.42 Å². The van der Waals surface area contributed by atoms with Crippen LogP contribution in [-0.4, -0.2) is 23.2 Å². The van der Waals surface area contributed by atoms with Crippen LogP contribution >= 0.6 is 47.2 Å². The second-order valence-electron chi connectivity index (χ2n) is 10.7. The van der Waals surface area contributed by atoms with Crippen LogP contribution in [0.4, 0.5) is 11.4 Å². The summed E-state index contributed by atoms with van der Waals surface area (Å²) in [4.78, 5) is 10.2. The SMILES string of the molecule is C[C@H]1C[C@H](C)CN(c2ccc(N3C(=S)N[C@@H](c4ccccn4)[C@@H]3c3ccc(Sc4ccc(Cl)cc4)o3)cc2Cl)C1. The number of hydrogen-bond acceptors (Lipinski definition) is 5. The van der Waals surface area contributed by atoms with Crippen LogP contribution in [0.25, 0.3) is 0 Å². The molecule has 9 heteroatoms. The van der Waals surface area contributed by atoms with Gasteiger partial charge in [0.15, 0.2) is 10.2 Å². The van der Waals surface area contributed by atoms with E-state index in [0.29, 0.717) is 22.0 Å². The van der Waals surface area contributed by atoms with E-state index < -0.39 is 0 Å². The number of pyridine rings is 1. The molecule has 40 heavy (non-hydrogen) atoms. The number of halogens is 2. The van der Waals surface area contributed by atoms with E-state index in [1.807, 2.05) is 60.7 Å². The highest BCUT2D eigenvalue weighted by molar-refractivity contribution is 7.99. The zero-order chi connectivity index (χ0) is 27.8. The summed E-state index contributed by atoms with van der Waals surface area (Å²) in [7, 11) is 0. The lowest BCUT2D eigenvalue weighted by molar-refractivity contribution is 0.357. The van der Waals surface area contributed by atoms with Crippen LogP contribution in [0.3, 0.4) is 0 Å².